The van der Waals surface area contributed by atoms with Gasteiger partial charge in [0.15, 0.2) is 0 Å². The maximum atomic E-state index is 5.01. The predicted octanol–water partition coefficient (Wildman–Crippen LogP) is 3.14. The van der Waals surface area contributed by atoms with Gasteiger partial charge in [-0.1, -0.05) is 37.3 Å². The first-order valence-electron chi connectivity index (χ1n) is 6.70. The maximum absolute atomic E-state index is 5.01. The van der Waals surface area contributed by atoms with Gasteiger partial charge in [0.05, 0.1) is 6.61 Å². The lowest BCUT2D eigenvalue weighted by molar-refractivity contribution is 0.200. The highest BCUT2D eigenvalue weighted by Crippen LogP contribution is 2.24. The first kappa shape index (κ1) is 13.7. The highest BCUT2D eigenvalue weighted by molar-refractivity contribution is 5.03. The summed E-state index contributed by atoms with van der Waals surface area (Å²) in [7, 11) is 1.75. The van der Waals surface area contributed by atoms with Gasteiger partial charge in [-0.3, -0.25) is 0 Å². The molecule has 0 radical (unpaired) electrons. The van der Waals surface area contributed by atoms with Crippen molar-refractivity contribution in [2.24, 2.45) is 5.92 Å². The summed E-state index contributed by atoms with van der Waals surface area (Å²) in [5, 5.41) is 3.40. The van der Waals surface area contributed by atoms with E-state index in [1.807, 2.05) is 0 Å². The predicted molar refractivity (Wildman–Crippen MR) is 69.7 cm³/mol. The van der Waals surface area contributed by atoms with Crippen LogP contribution in [0, 0.1) is 5.92 Å². The first-order chi connectivity index (χ1) is 7.83. The third-order valence-electron chi connectivity index (χ3n) is 3.31. The number of methoxy groups -OCH3 is 1. The molecule has 0 heterocycles. The highest BCUT2D eigenvalue weighted by Gasteiger charge is 2.09. The first-order valence-corrected chi connectivity index (χ1v) is 6.70. The van der Waals surface area contributed by atoms with E-state index in [1.54, 1.807) is 7.11 Å². The van der Waals surface area contributed by atoms with E-state index in [1.165, 1.54) is 44.1 Å². The molecule has 0 unspecified atom stereocenters. The van der Waals surface area contributed by atoms with Gasteiger partial charge in [-0.2, -0.15) is 0 Å². The van der Waals surface area contributed by atoms with Crippen LogP contribution in [0.4, 0.5) is 0 Å². The van der Waals surface area contributed by atoms with Crippen LogP contribution in [0.2, 0.25) is 0 Å². The summed E-state index contributed by atoms with van der Waals surface area (Å²) >= 11 is 0. The van der Waals surface area contributed by atoms with Crippen LogP contribution in [0.3, 0.4) is 0 Å². The van der Waals surface area contributed by atoms with Crippen LogP contribution in [-0.2, 0) is 4.74 Å². The fourth-order valence-corrected chi connectivity index (χ4v) is 2.40. The molecule has 1 saturated carbocycles. The van der Waals surface area contributed by atoms with Crippen LogP contribution < -0.4 is 5.32 Å². The molecule has 0 spiro atoms. The Balaban J connectivity index is 2.19. The summed E-state index contributed by atoms with van der Waals surface area (Å²) < 4.78 is 5.01. The molecule has 0 aromatic heterocycles. The topological polar surface area (TPSA) is 21.3 Å². The minimum atomic E-state index is 0.802. The number of rotatable bonds is 6. The van der Waals surface area contributed by atoms with E-state index < -0.39 is 0 Å². The van der Waals surface area contributed by atoms with Crippen molar-refractivity contribution in [2.75, 3.05) is 26.8 Å². The molecule has 16 heavy (non-hydrogen) atoms. The van der Waals surface area contributed by atoms with Crippen molar-refractivity contribution in [3.8, 4) is 0 Å². The number of hydrogen-bond donors (Lipinski definition) is 1. The number of allylic oxidation sites excluding steroid dienone is 1. The average Bonchev–Trinajstić information content (AvgIpc) is 2.53. The minimum Gasteiger partial charge on any atom is -0.383 e. The fraction of sp³-hybridized carbons (Fsp3) is 0.857. The summed E-state index contributed by atoms with van der Waals surface area (Å²) in [6.45, 7) is 5.01. The molecule has 0 aromatic rings. The molecular formula is C14H27NO. The second-order valence-corrected chi connectivity index (χ2v) is 4.93. The van der Waals surface area contributed by atoms with Gasteiger partial charge in [-0.25, -0.2) is 0 Å². The molecule has 0 aliphatic heterocycles. The van der Waals surface area contributed by atoms with Crippen LogP contribution in [-0.4, -0.2) is 26.8 Å². The molecule has 1 aliphatic carbocycles. The van der Waals surface area contributed by atoms with E-state index in [-0.39, 0.29) is 0 Å². The Morgan fingerprint density at radius 3 is 2.56 bits per heavy atom. The van der Waals surface area contributed by atoms with E-state index in [0.717, 1.165) is 25.6 Å². The molecule has 94 valence electrons. The van der Waals surface area contributed by atoms with Gasteiger partial charge < -0.3 is 10.1 Å². The zero-order valence-corrected chi connectivity index (χ0v) is 10.9. The third-order valence-corrected chi connectivity index (χ3v) is 3.31. The maximum Gasteiger partial charge on any atom is 0.0587 e. The number of hydrogen-bond acceptors (Lipinski definition) is 2. The van der Waals surface area contributed by atoms with Gasteiger partial charge in [-0.15, -0.1) is 0 Å². The quantitative estimate of drug-likeness (QED) is 0.426. The van der Waals surface area contributed by atoms with Crippen LogP contribution in [0.5, 0.6) is 0 Å². The van der Waals surface area contributed by atoms with Crippen molar-refractivity contribution >= 4 is 0 Å². The summed E-state index contributed by atoms with van der Waals surface area (Å²) in [5.41, 5.74) is 1.49. The molecule has 1 fully saturated rings. The Morgan fingerprint density at radius 2 is 1.94 bits per heavy atom. The zero-order chi connectivity index (χ0) is 11.6. The van der Waals surface area contributed by atoms with Gasteiger partial charge in [0.2, 0.25) is 0 Å². The summed E-state index contributed by atoms with van der Waals surface area (Å²) in [5.74, 6) is 0.840. The molecule has 1 N–H and O–H groups in total. The largest absolute Gasteiger partial charge is 0.383 e. The normalized spacial score (nSPS) is 19.8. The van der Waals surface area contributed by atoms with Crippen LogP contribution >= 0.6 is 0 Å². The number of ether oxygens (including phenoxy) is 1. The van der Waals surface area contributed by atoms with Crippen molar-refractivity contribution in [3.63, 3.8) is 0 Å². The van der Waals surface area contributed by atoms with Crippen molar-refractivity contribution in [1.82, 2.24) is 5.32 Å². The monoisotopic (exact) mass is 225 g/mol. The second-order valence-electron chi connectivity index (χ2n) is 4.93. The van der Waals surface area contributed by atoms with E-state index in [9.17, 15) is 0 Å². The minimum absolute atomic E-state index is 0.802. The lowest BCUT2D eigenvalue weighted by Gasteiger charge is -2.11. The molecule has 2 nitrogen and oxygen atoms in total. The molecule has 1 aliphatic rings. The van der Waals surface area contributed by atoms with E-state index in [2.05, 4.69) is 18.3 Å². The average molecular weight is 225 g/mol. The zero-order valence-electron chi connectivity index (χ0n) is 10.9. The van der Waals surface area contributed by atoms with Crippen molar-refractivity contribution in [1.29, 1.82) is 0 Å². The van der Waals surface area contributed by atoms with E-state index >= 15 is 0 Å². The summed E-state index contributed by atoms with van der Waals surface area (Å²) in [4.78, 5) is 0. The van der Waals surface area contributed by atoms with E-state index in [4.69, 9.17) is 4.74 Å². The summed E-state index contributed by atoms with van der Waals surface area (Å²) in [6.07, 6.45) is 11.0. The molecule has 1 rings (SSSR count). The van der Waals surface area contributed by atoms with Crippen molar-refractivity contribution in [3.05, 3.63) is 11.6 Å². The Hall–Kier alpha value is -0.340. The number of nitrogens with one attached hydrogen (secondary N) is 1. The SMILES string of the molecule is COCCNCC(C)=CC1CCCCCC1. The lowest BCUT2D eigenvalue weighted by atomic mass is 9.98. The fourth-order valence-electron chi connectivity index (χ4n) is 2.40. The summed E-state index contributed by atoms with van der Waals surface area (Å²) in [6, 6.07) is 0. The molecule has 0 bridgehead atoms. The Labute approximate surface area is 100 Å². The Morgan fingerprint density at radius 1 is 1.25 bits per heavy atom. The Kier molecular flexibility index (Phi) is 7.52. The highest BCUT2D eigenvalue weighted by atomic mass is 16.5. The smallest absolute Gasteiger partial charge is 0.0587 e. The van der Waals surface area contributed by atoms with Gasteiger partial charge in [-0.05, 0) is 25.7 Å². The van der Waals surface area contributed by atoms with Crippen LogP contribution in [0.25, 0.3) is 0 Å². The van der Waals surface area contributed by atoms with E-state index in [0.29, 0.717) is 0 Å². The molecule has 0 aromatic carbocycles. The standard InChI is InChI=1S/C14H27NO/c1-13(12-15-9-10-16-2)11-14-7-5-3-4-6-8-14/h11,14-15H,3-10,12H2,1-2H3. The van der Waals surface area contributed by atoms with Crippen LogP contribution in [0.15, 0.2) is 11.6 Å². The third kappa shape index (κ3) is 6.29. The molecular weight excluding hydrogens is 198 g/mol. The lowest BCUT2D eigenvalue weighted by Crippen LogP contribution is -2.21. The van der Waals surface area contributed by atoms with Crippen molar-refractivity contribution in [2.45, 2.75) is 45.4 Å². The van der Waals surface area contributed by atoms with Gasteiger partial charge >= 0.3 is 0 Å². The van der Waals surface area contributed by atoms with Gasteiger partial charge in [0.25, 0.3) is 0 Å². The van der Waals surface area contributed by atoms with Gasteiger partial charge in [0.1, 0.15) is 0 Å². The Bertz CT molecular complexity index is 193. The van der Waals surface area contributed by atoms with Crippen LogP contribution in [0.1, 0.15) is 45.4 Å². The molecule has 0 saturated heterocycles. The van der Waals surface area contributed by atoms with Gasteiger partial charge in [0, 0.05) is 20.2 Å². The molecule has 0 amide bonds. The second kappa shape index (κ2) is 8.77. The molecule has 2 heteroatoms. The molecule has 0 atom stereocenters. The van der Waals surface area contributed by atoms with Crippen molar-refractivity contribution < 1.29 is 4.74 Å².